The minimum absolute atomic E-state index is 0.0361. The van der Waals surface area contributed by atoms with E-state index < -0.39 is 6.30 Å². The van der Waals surface area contributed by atoms with E-state index in [-0.39, 0.29) is 11.7 Å². The number of alkyl halides is 3. The molecule has 0 unspecified atom stereocenters. The molecule has 6 nitrogen and oxygen atoms in total. The molecule has 0 aliphatic carbocycles. The minimum Gasteiger partial charge on any atom is -0.424 e. The van der Waals surface area contributed by atoms with E-state index in [0.29, 0.717) is 11.4 Å². The fourth-order valence-electron chi connectivity index (χ4n) is 2.44. The summed E-state index contributed by atoms with van der Waals surface area (Å²) < 4.78 is 44.6. The molecule has 3 aromatic rings. The topological polar surface area (TPSA) is 63.8 Å². The molecule has 1 N–H and O–H groups in total. The smallest absolute Gasteiger partial charge is 0.424 e. The molecule has 0 aliphatic heterocycles. The summed E-state index contributed by atoms with van der Waals surface area (Å²) in [5.74, 6) is 0.509. The monoisotopic (exact) mass is 387 g/mol. The van der Waals surface area contributed by atoms with E-state index in [4.69, 9.17) is 4.74 Å². The molecule has 0 saturated carbocycles. The summed E-state index contributed by atoms with van der Waals surface area (Å²) in [6.07, 6.45) is 2.12. The van der Waals surface area contributed by atoms with Crippen LogP contribution in [0.1, 0.15) is 6.92 Å². The number of allylic oxidation sites excluding steroid dienone is 2. The first-order valence-corrected chi connectivity index (χ1v) is 8.16. The number of hydrogen-bond acceptors (Lipinski definition) is 5. The number of rotatable bonds is 6. The van der Waals surface area contributed by atoms with E-state index in [2.05, 4.69) is 21.9 Å². The molecule has 9 heteroatoms. The average molecular weight is 387 g/mol. The summed E-state index contributed by atoms with van der Waals surface area (Å²) in [7, 11) is 0. The molecule has 0 spiro atoms. The third-order valence-electron chi connectivity index (χ3n) is 3.71. The van der Waals surface area contributed by atoms with Crippen molar-refractivity contribution in [3.8, 4) is 17.1 Å². The van der Waals surface area contributed by atoms with Crippen LogP contribution in [0, 0.1) is 0 Å². The number of benzene rings is 1. The van der Waals surface area contributed by atoms with Gasteiger partial charge in [-0.15, -0.1) is 5.10 Å². The van der Waals surface area contributed by atoms with E-state index in [1.165, 1.54) is 23.6 Å². The molecular weight excluding hydrogens is 371 g/mol. The van der Waals surface area contributed by atoms with Crippen LogP contribution >= 0.6 is 0 Å². The molecule has 28 heavy (non-hydrogen) atoms. The Morgan fingerprint density at radius 3 is 2.50 bits per heavy atom. The molecule has 0 amide bonds. The Morgan fingerprint density at radius 1 is 1.14 bits per heavy atom. The maximum absolute atomic E-state index is 12.4. The largest absolute Gasteiger partial charge is 0.482 e. The van der Waals surface area contributed by atoms with Crippen LogP contribution in [0.3, 0.4) is 0 Å². The zero-order valence-electron chi connectivity index (χ0n) is 14.8. The van der Waals surface area contributed by atoms with Crippen molar-refractivity contribution in [2.24, 2.45) is 4.99 Å². The lowest BCUT2D eigenvalue weighted by Crippen LogP contribution is -2.20. The molecule has 0 aliphatic rings. The molecular formula is C19H16F3N5O. The Kier molecular flexibility index (Phi) is 5.44. The second kappa shape index (κ2) is 7.95. The van der Waals surface area contributed by atoms with E-state index in [1.807, 2.05) is 0 Å². The van der Waals surface area contributed by atoms with Crippen LogP contribution in [0.5, 0.6) is 6.01 Å². The predicted octanol–water partition coefficient (Wildman–Crippen LogP) is 4.82. The zero-order chi connectivity index (χ0) is 20.1. The highest BCUT2D eigenvalue weighted by Gasteiger charge is 2.26. The Labute approximate surface area is 158 Å². The number of ether oxygens (including phenoxy) is 1. The summed E-state index contributed by atoms with van der Waals surface area (Å²) in [6, 6.07) is 9.70. The highest BCUT2D eigenvalue weighted by Crippen LogP contribution is 2.26. The Morgan fingerprint density at radius 2 is 1.86 bits per heavy atom. The standard InChI is InChI=1S/C19H16F3N5O/c1-3-16(10-11-23-2)28-18-26-25-17-9-6-14(12-27(17)18)13-4-7-15(8-5-13)24-19(20,21)22/h3-12,24H,2H2,1H3. The van der Waals surface area contributed by atoms with Crippen LogP contribution in [0.25, 0.3) is 16.8 Å². The lowest BCUT2D eigenvalue weighted by molar-refractivity contribution is -0.0999. The molecule has 0 radical (unpaired) electrons. The van der Waals surface area contributed by atoms with Crippen LogP contribution in [0.4, 0.5) is 18.9 Å². The average Bonchev–Trinajstić information content (AvgIpc) is 3.06. The van der Waals surface area contributed by atoms with Gasteiger partial charge in [0.25, 0.3) is 0 Å². The fraction of sp³-hybridized carbons (Fsp3) is 0.105. The highest BCUT2D eigenvalue weighted by atomic mass is 19.4. The number of nitrogens with one attached hydrogen (secondary N) is 1. The van der Waals surface area contributed by atoms with Gasteiger partial charge in [0, 0.05) is 18.1 Å². The molecule has 2 aromatic heterocycles. The second-order valence-electron chi connectivity index (χ2n) is 5.62. The highest BCUT2D eigenvalue weighted by molar-refractivity contribution is 5.67. The van der Waals surface area contributed by atoms with Crippen molar-refractivity contribution < 1.29 is 17.9 Å². The SMILES string of the molecule is C=NC=CC(=CC)Oc1nnc2ccc(-c3ccc(NC(F)(F)F)cc3)cn12. The first kappa shape index (κ1) is 19.2. The first-order chi connectivity index (χ1) is 13.4. The number of halogens is 3. The van der Waals surface area contributed by atoms with Gasteiger partial charge in [0.05, 0.1) is 0 Å². The minimum atomic E-state index is -4.48. The number of anilines is 1. The van der Waals surface area contributed by atoms with Crippen molar-refractivity contribution >= 4 is 18.1 Å². The number of nitrogens with zero attached hydrogens (tertiary/aromatic N) is 4. The summed E-state index contributed by atoms with van der Waals surface area (Å²) in [4.78, 5) is 3.63. The van der Waals surface area contributed by atoms with E-state index >= 15 is 0 Å². The maximum atomic E-state index is 12.4. The molecule has 0 saturated heterocycles. The lowest BCUT2D eigenvalue weighted by atomic mass is 10.1. The van der Waals surface area contributed by atoms with Crippen LogP contribution in [0.15, 0.2) is 71.7 Å². The van der Waals surface area contributed by atoms with Crippen molar-refractivity contribution in [1.82, 2.24) is 14.6 Å². The second-order valence-corrected chi connectivity index (χ2v) is 5.62. The fourth-order valence-corrected chi connectivity index (χ4v) is 2.44. The van der Waals surface area contributed by atoms with Crippen molar-refractivity contribution in [2.45, 2.75) is 13.2 Å². The first-order valence-electron chi connectivity index (χ1n) is 8.16. The van der Waals surface area contributed by atoms with Gasteiger partial charge in [-0.3, -0.25) is 14.7 Å². The quantitative estimate of drug-likeness (QED) is 0.285. The summed E-state index contributed by atoms with van der Waals surface area (Å²) >= 11 is 0. The Bertz CT molecular complexity index is 1040. The molecule has 0 atom stereocenters. The van der Waals surface area contributed by atoms with Crippen molar-refractivity contribution in [3.63, 3.8) is 0 Å². The third-order valence-corrected chi connectivity index (χ3v) is 3.71. The predicted molar refractivity (Wildman–Crippen MR) is 101 cm³/mol. The Balaban J connectivity index is 1.89. The van der Waals surface area contributed by atoms with Gasteiger partial charge >= 0.3 is 12.3 Å². The van der Waals surface area contributed by atoms with Gasteiger partial charge in [-0.25, -0.2) is 0 Å². The maximum Gasteiger partial charge on any atom is 0.482 e. The number of fused-ring (bicyclic) bond motifs is 1. The van der Waals surface area contributed by atoms with Gasteiger partial charge < -0.3 is 4.74 Å². The van der Waals surface area contributed by atoms with E-state index in [0.717, 1.165) is 11.1 Å². The third kappa shape index (κ3) is 4.56. The van der Waals surface area contributed by atoms with Gasteiger partial charge in [-0.05, 0) is 61.2 Å². The number of pyridine rings is 1. The molecule has 1 aromatic carbocycles. The van der Waals surface area contributed by atoms with Crippen LogP contribution < -0.4 is 10.1 Å². The molecule has 3 rings (SSSR count). The van der Waals surface area contributed by atoms with Crippen molar-refractivity contribution in [1.29, 1.82) is 0 Å². The number of hydrogen-bond donors (Lipinski definition) is 1. The lowest BCUT2D eigenvalue weighted by Gasteiger charge is -2.10. The van der Waals surface area contributed by atoms with Gasteiger partial charge in [-0.1, -0.05) is 17.2 Å². The Hall–Kier alpha value is -3.62. The number of aliphatic imine (C=N–C) groups is 1. The number of aromatic nitrogens is 3. The van der Waals surface area contributed by atoms with Crippen LogP contribution in [-0.4, -0.2) is 27.6 Å². The molecule has 0 fully saturated rings. The summed E-state index contributed by atoms with van der Waals surface area (Å²) in [5, 5.41) is 9.53. The van der Waals surface area contributed by atoms with Gasteiger partial charge in [0.1, 0.15) is 5.76 Å². The van der Waals surface area contributed by atoms with E-state index in [1.54, 1.807) is 53.9 Å². The van der Waals surface area contributed by atoms with E-state index in [9.17, 15) is 13.2 Å². The van der Waals surface area contributed by atoms with Crippen molar-refractivity contribution in [3.05, 3.63) is 66.7 Å². The summed E-state index contributed by atoms with van der Waals surface area (Å²) in [5.41, 5.74) is 2.03. The van der Waals surface area contributed by atoms with Crippen LogP contribution in [0.2, 0.25) is 0 Å². The zero-order valence-corrected chi connectivity index (χ0v) is 14.8. The molecule has 144 valence electrons. The molecule has 0 bridgehead atoms. The normalized spacial score (nSPS) is 12.5. The van der Waals surface area contributed by atoms with Gasteiger partial charge in [0.15, 0.2) is 5.65 Å². The summed E-state index contributed by atoms with van der Waals surface area (Å²) in [6.45, 7) is 5.16. The molecule has 2 heterocycles. The van der Waals surface area contributed by atoms with Crippen LogP contribution in [-0.2, 0) is 0 Å². The van der Waals surface area contributed by atoms with Crippen molar-refractivity contribution in [2.75, 3.05) is 5.32 Å². The van der Waals surface area contributed by atoms with Gasteiger partial charge in [0.2, 0.25) is 0 Å². The van der Waals surface area contributed by atoms with Gasteiger partial charge in [-0.2, -0.15) is 13.2 Å².